The number of aromatic nitrogens is 3. The van der Waals surface area contributed by atoms with Crippen molar-refractivity contribution in [2.24, 2.45) is 0 Å². The molecule has 0 aliphatic rings. The highest BCUT2D eigenvalue weighted by atomic mass is 16.5. The van der Waals surface area contributed by atoms with Gasteiger partial charge >= 0.3 is 5.97 Å². The van der Waals surface area contributed by atoms with Gasteiger partial charge in [-0.05, 0) is 48.9 Å². The van der Waals surface area contributed by atoms with Crippen molar-refractivity contribution in [1.82, 2.24) is 14.8 Å². The van der Waals surface area contributed by atoms with Gasteiger partial charge in [-0.15, -0.1) is 10.2 Å². The molecule has 0 aliphatic carbocycles. The minimum Gasteiger partial charge on any atom is -0.454 e. The van der Waals surface area contributed by atoms with Crippen molar-refractivity contribution >= 4 is 5.97 Å². The number of carbonyl (C=O) groups is 1. The molecule has 0 N–H and O–H groups in total. The molecule has 0 saturated heterocycles. The van der Waals surface area contributed by atoms with E-state index < -0.39 is 12.1 Å². The van der Waals surface area contributed by atoms with Crippen LogP contribution >= 0.6 is 0 Å². The first-order chi connectivity index (χ1) is 11.7. The van der Waals surface area contributed by atoms with Crippen LogP contribution in [0.3, 0.4) is 0 Å². The summed E-state index contributed by atoms with van der Waals surface area (Å²) in [6.45, 7) is 1.78. The summed E-state index contributed by atoms with van der Waals surface area (Å²) >= 11 is 0. The molecule has 0 fully saturated rings. The molecule has 3 aromatic rings. The van der Waals surface area contributed by atoms with Crippen molar-refractivity contribution < 1.29 is 9.53 Å². The van der Waals surface area contributed by atoms with Gasteiger partial charge in [0.15, 0.2) is 0 Å². The van der Waals surface area contributed by atoms with Gasteiger partial charge in [0.2, 0.25) is 0 Å². The van der Waals surface area contributed by atoms with Crippen molar-refractivity contribution in [1.29, 1.82) is 5.26 Å². The molecule has 24 heavy (non-hydrogen) atoms. The maximum atomic E-state index is 12.3. The zero-order valence-electron chi connectivity index (χ0n) is 13.0. The Kier molecular flexibility index (Phi) is 4.34. The van der Waals surface area contributed by atoms with Gasteiger partial charge in [-0.3, -0.25) is 4.57 Å². The molecular formula is C18H14N4O2. The molecule has 1 atom stereocenters. The largest absolute Gasteiger partial charge is 0.454 e. The molecule has 0 saturated carbocycles. The predicted octanol–water partition coefficient (Wildman–Crippen LogP) is 3.06. The van der Waals surface area contributed by atoms with E-state index in [2.05, 4.69) is 16.3 Å². The number of esters is 1. The highest BCUT2D eigenvalue weighted by Gasteiger charge is 2.14. The molecule has 0 unspecified atom stereocenters. The van der Waals surface area contributed by atoms with E-state index in [4.69, 9.17) is 10.00 Å². The molecule has 0 radical (unpaired) electrons. The number of hydrogen-bond acceptors (Lipinski definition) is 5. The van der Waals surface area contributed by atoms with Gasteiger partial charge in [-0.1, -0.05) is 12.1 Å². The van der Waals surface area contributed by atoms with E-state index in [-0.39, 0.29) is 0 Å². The second kappa shape index (κ2) is 6.75. The number of benzene rings is 2. The van der Waals surface area contributed by atoms with Crippen LogP contribution in [0.25, 0.3) is 5.69 Å². The van der Waals surface area contributed by atoms with Gasteiger partial charge in [0, 0.05) is 5.69 Å². The Balaban J connectivity index is 1.71. The first-order valence-corrected chi connectivity index (χ1v) is 7.33. The summed E-state index contributed by atoms with van der Waals surface area (Å²) in [4.78, 5) is 12.3. The van der Waals surface area contributed by atoms with E-state index in [0.717, 1.165) is 11.3 Å². The lowest BCUT2D eigenvalue weighted by molar-refractivity contribution is 0.0338. The van der Waals surface area contributed by atoms with Crippen LogP contribution in [0, 0.1) is 11.3 Å². The average Bonchev–Trinajstić information content (AvgIpc) is 3.16. The van der Waals surface area contributed by atoms with Gasteiger partial charge in [0.25, 0.3) is 0 Å². The van der Waals surface area contributed by atoms with E-state index in [0.29, 0.717) is 11.1 Å². The molecule has 1 heterocycles. The molecule has 0 aliphatic heterocycles. The highest BCUT2D eigenvalue weighted by Crippen LogP contribution is 2.20. The van der Waals surface area contributed by atoms with Crippen molar-refractivity contribution in [3.8, 4) is 11.8 Å². The molecule has 0 amide bonds. The fourth-order valence-corrected chi connectivity index (χ4v) is 2.26. The van der Waals surface area contributed by atoms with Crippen LogP contribution in [0.15, 0.2) is 61.2 Å². The van der Waals surface area contributed by atoms with Crippen molar-refractivity contribution in [3.05, 3.63) is 77.9 Å². The van der Waals surface area contributed by atoms with Crippen LogP contribution in [0.1, 0.15) is 34.5 Å². The third-order valence-electron chi connectivity index (χ3n) is 3.59. The zero-order chi connectivity index (χ0) is 16.9. The van der Waals surface area contributed by atoms with Gasteiger partial charge in [-0.25, -0.2) is 4.79 Å². The Labute approximate surface area is 138 Å². The minimum atomic E-state index is -0.441. The normalized spacial score (nSPS) is 11.5. The summed E-state index contributed by atoms with van der Waals surface area (Å²) in [6, 6.07) is 16.1. The molecule has 1 aromatic heterocycles. The lowest BCUT2D eigenvalue weighted by Crippen LogP contribution is -2.09. The monoisotopic (exact) mass is 318 g/mol. The van der Waals surface area contributed by atoms with Gasteiger partial charge < -0.3 is 4.74 Å². The molecule has 6 heteroatoms. The number of nitrogens with zero attached hydrogens (tertiary/aromatic N) is 4. The van der Waals surface area contributed by atoms with E-state index in [9.17, 15) is 4.79 Å². The van der Waals surface area contributed by atoms with Crippen molar-refractivity contribution in [2.45, 2.75) is 13.0 Å². The SMILES string of the molecule is C[C@@H](OC(=O)c1ccc(-n2cnnc2)cc1)c1cccc(C#N)c1. The molecule has 0 bridgehead atoms. The standard InChI is InChI=1S/C18H14N4O2/c1-13(16-4-2-3-14(9-16)10-19)24-18(23)15-5-7-17(8-6-15)22-11-20-21-12-22/h2-9,11-13H,1H3/t13-/m1/s1. The maximum Gasteiger partial charge on any atom is 0.338 e. The number of rotatable bonds is 4. The molecule has 3 rings (SSSR count). The summed E-state index contributed by atoms with van der Waals surface area (Å²) in [5, 5.41) is 16.4. The van der Waals surface area contributed by atoms with Crippen LogP contribution in [0.2, 0.25) is 0 Å². The van der Waals surface area contributed by atoms with Crippen molar-refractivity contribution in [3.63, 3.8) is 0 Å². The molecule has 2 aromatic carbocycles. The Hall–Kier alpha value is -3.46. The zero-order valence-corrected chi connectivity index (χ0v) is 13.0. The van der Waals surface area contributed by atoms with Gasteiger partial charge in [0.1, 0.15) is 18.8 Å². The number of carbonyl (C=O) groups excluding carboxylic acids is 1. The highest BCUT2D eigenvalue weighted by molar-refractivity contribution is 5.89. The third kappa shape index (κ3) is 3.31. The number of nitriles is 1. The molecular weight excluding hydrogens is 304 g/mol. The number of ether oxygens (including phenoxy) is 1. The topological polar surface area (TPSA) is 80.8 Å². The van der Waals surface area contributed by atoms with Crippen LogP contribution in [0.5, 0.6) is 0 Å². The van der Waals surface area contributed by atoms with E-state index in [1.807, 2.05) is 6.07 Å². The summed E-state index contributed by atoms with van der Waals surface area (Å²) in [5.41, 5.74) is 2.62. The van der Waals surface area contributed by atoms with Crippen LogP contribution in [-0.2, 0) is 4.74 Å². The Morgan fingerprint density at radius 3 is 2.54 bits per heavy atom. The fraction of sp³-hybridized carbons (Fsp3) is 0.111. The first-order valence-electron chi connectivity index (χ1n) is 7.33. The van der Waals surface area contributed by atoms with Crippen molar-refractivity contribution in [2.75, 3.05) is 0 Å². The first kappa shape index (κ1) is 15.4. The quantitative estimate of drug-likeness (QED) is 0.691. The minimum absolute atomic E-state index is 0.417. The second-order valence-electron chi connectivity index (χ2n) is 5.20. The second-order valence-corrected chi connectivity index (χ2v) is 5.20. The molecule has 6 nitrogen and oxygen atoms in total. The number of hydrogen-bond donors (Lipinski definition) is 0. The smallest absolute Gasteiger partial charge is 0.338 e. The third-order valence-corrected chi connectivity index (χ3v) is 3.59. The summed E-state index contributed by atoms with van der Waals surface area (Å²) in [7, 11) is 0. The Morgan fingerprint density at radius 2 is 1.88 bits per heavy atom. The average molecular weight is 318 g/mol. The Bertz CT molecular complexity index is 880. The van der Waals surface area contributed by atoms with Crippen LogP contribution in [0.4, 0.5) is 0 Å². The predicted molar refractivity (Wildman–Crippen MR) is 86.3 cm³/mol. The fourth-order valence-electron chi connectivity index (χ4n) is 2.26. The summed E-state index contributed by atoms with van der Waals surface area (Å²) in [6.07, 6.45) is 2.72. The van der Waals surface area contributed by atoms with E-state index in [1.165, 1.54) is 0 Å². The van der Waals surface area contributed by atoms with Crippen LogP contribution < -0.4 is 0 Å². The van der Waals surface area contributed by atoms with Crippen LogP contribution in [-0.4, -0.2) is 20.7 Å². The summed E-state index contributed by atoms with van der Waals surface area (Å²) < 4.78 is 7.21. The van der Waals surface area contributed by atoms with Gasteiger partial charge in [-0.2, -0.15) is 5.26 Å². The lowest BCUT2D eigenvalue weighted by atomic mass is 10.1. The molecule has 118 valence electrons. The van der Waals surface area contributed by atoms with E-state index in [1.54, 1.807) is 66.6 Å². The Morgan fingerprint density at radius 1 is 1.17 bits per heavy atom. The van der Waals surface area contributed by atoms with Gasteiger partial charge in [0.05, 0.1) is 17.2 Å². The molecule has 0 spiro atoms. The maximum absolute atomic E-state index is 12.3. The summed E-state index contributed by atoms with van der Waals surface area (Å²) in [5.74, 6) is -0.417. The van der Waals surface area contributed by atoms with E-state index >= 15 is 0 Å². The lowest BCUT2D eigenvalue weighted by Gasteiger charge is -2.14.